The molecule has 0 saturated heterocycles. The fraction of sp³-hybridized carbons (Fsp3) is 0.200. The van der Waals surface area contributed by atoms with Gasteiger partial charge < -0.3 is 4.74 Å². The number of halogens is 5. The Bertz CT molecular complexity index is 393. The highest BCUT2D eigenvalue weighted by Gasteiger charge is 2.20. The van der Waals surface area contributed by atoms with Crippen LogP contribution in [-0.2, 0) is 0 Å². The standard InChI is InChI=1S/C10H7F5O/c1-5-2-6(12)9(7(13)3-5)16-10(15)8(14)4-11/h2-4,10H,1H3. The third-order valence-corrected chi connectivity index (χ3v) is 1.68. The van der Waals surface area contributed by atoms with Crippen LogP contribution in [0.3, 0.4) is 0 Å². The summed E-state index contributed by atoms with van der Waals surface area (Å²) in [7, 11) is 0. The minimum atomic E-state index is -2.88. The minimum absolute atomic E-state index is 0.249. The Morgan fingerprint density at radius 1 is 1.31 bits per heavy atom. The lowest BCUT2D eigenvalue weighted by atomic mass is 10.2. The molecule has 1 atom stereocenters. The highest BCUT2D eigenvalue weighted by Crippen LogP contribution is 2.26. The molecule has 0 aliphatic carbocycles. The SMILES string of the molecule is Cc1cc(F)c(OC(F)C(F)=CF)c(F)c1. The summed E-state index contributed by atoms with van der Waals surface area (Å²) < 4.78 is 66.7. The topological polar surface area (TPSA) is 9.23 Å². The van der Waals surface area contributed by atoms with Gasteiger partial charge in [-0.25, -0.2) is 17.6 Å². The predicted molar refractivity (Wildman–Crippen MR) is 46.9 cm³/mol. The number of rotatable bonds is 3. The van der Waals surface area contributed by atoms with Crippen molar-refractivity contribution in [1.29, 1.82) is 0 Å². The number of benzene rings is 1. The number of hydrogen-bond donors (Lipinski definition) is 0. The van der Waals surface area contributed by atoms with Gasteiger partial charge in [-0.05, 0) is 24.6 Å². The van der Waals surface area contributed by atoms with Crippen molar-refractivity contribution in [2.75, 3.05) is 0 Å². The number of aryl methyl sites for hydroxylation is 1. The third kappa shape index (κ3) is 2.71. The molecule has 1 rings (SSSR count). The summed E-state index contributed by atoms with van der Waals surface area (Å²) in [5.74, 6) is -5.37. The molecular formula is C10H7F5O. The van der Waals surface area contributed by atoms with Gasteiger partial charge in [0, 0.05) is 0 Å². The van der Waals surface area contributed by atoms with Gasteiger partial charge in [0.25, 0.3) is 6.36 Å². The first kappa shape index (κ1) is 12.5. The fourth-order valence-corrected chi connectivity index (χ4v) is 1.01. The molecule has 16 heavy (non-hydrogen) atoms. The lowest BCUT2D eigenvalue weighted by Gasteiger charge is -2.11. The molecule has 0 amide bonds. The fourth-order valence-electron chi connectivity index (χ4n) is 1.01. The number of alkyl halides is 1. The average molecular weight is 238 g/mol. The van der Waals surface area contributed by atoms with Crippen molar-refractivity contribution in [2.24, 2.45) is 0 Å². The Labute approximate surface area is 88.1 Å². The van der Waals surface area contributed by atoms with Crippen molar-refractivity contribution in [3.8, 4) is 5.75 Å². The lowest BCUT2D eigenvalue weighted by molar-refractivity contribution is 0.0694. The summed E-state index contributed by atoms with van der Waals surface area (Å²) in [6.45, 7) is 1.41. The second-order valence-electron chi connectivity index (χ2n) is 2.99. The molecule has 0 aliphatic rings. The van der Waals surface area contributed by atoms with E-state index in [2.05, 4.69) is 4.74 Å². The molecule has 0 saturated carbocycles. The van der Waals surface area contributed by atoms with E-state index < -0.39 is 35.9 Å². The van der Waals surface area contributed by atoms with Crippen molar-refractivity contribution >= 4 is 0 Å². The van der Waals surface area contributed by atoms with Crippen LogP contribution in [0.2, 0.25) is 0 Å². The molecule has 1 aromatic rings. The van der Waals surface area contributed by atoms with E-state index in [1.54, 1.807) is 0 Å². The van der Waals surface area contributed by atoms with Crippen molar-refractivity contribution < 1.29 is 26.7 Å². The van der Waals surface area contributed by atoms with Crippen molar-refractivity contribution in [1.82, 2.24) is 0 Å². The lowest BCUT2D eigenvalue weighted by Crippen LogP contribution is -2.12. The molecule has 6 heteroatoms. The molecular weight excluding hydrogens is 231 g/mol. The normalized spacial score (nSPS) is 13.8. The van der Waals surface area contributed by atoms with Gasteiger partial charge in [-0.2, -0.15) is 4.39 Å². The van der Waals surface area contributed by atoms with Crippen LogP contribution in [0, 0.1) is 18.6 Å². The van der Waals surface area contributed by atoms with Crippen LogP contribution in [0.15, 0.2) is 24.3 Å². The molecule has 0 radical (unpaired) electrons. The first-order chi connectivity index (χ1) is 7.45. The molecule has 0 fully saturated rings. The van der Waals surface area contributed by atoms with Gasteiger partial charge in [0.05, 0.1) is 0 Å². The molecule has 0 aromatic heterocycles. The van der Waals surface area contributed by atoms with E-state index in [1.807, 2.05) is 0 Å². The highest BCUT2D eigenvalue weighted by atomic mass is 19.2. The van der Waals surface area contributed by atoms with E-state index in [0.717, 1.165) is 12.1 Å². The summed E-state index contributed by atoms with van der Waals surface area (Å²) in [5.41, 5.74) is 0.249. The highest BCUT2D eigenvalue weighted by molar-refractivity contribution is 5.31. The molecule has 88 valence electrons. The summed E-state index contributed by atoms with van der Waals surface area (Å²) in [6.07, 6.45) is -3.56. The largest absolute Gasteiger partial charge is 0.447 e. The predicted octanol–water partition coefficient (Wildman–Crippen LogP) is 3.73. The van der Waals surface area contributed by atoms with Crippen LogP contribution >= 0.6 is 0 Å². The molecule has 0 aliphatic heterocycles. The van der Waals surface area contributed by atoms with E-state index in [1.165, 1.54) is 6.92 Å². The Morgan fingerprint density at radius 2 is 1.81 bits per heavy atom. The van der Waals surface area contributed by atoms with E-state index in [9.17, 15) is 22.0 Å². The van der Waals surface area contributed by atoms with E-state index >= 15 is 0 Å². The summed E-state index contributed by atoms with van der Waals surface area (Å²) in [5, 5.41) is 0. The quantitative estimate of drug-likeness (QED) is 0.729. The van der Waals surface area contributed by atoms with E-state index in [0.29, 0.717) is 0 Å². The zero-order valence-corrected chi connectivity index (χ0v) is 8.11. The van der Waals surface area contributed by atoms with Gasteiger partial charge in [-0.1, -0.05) is 0 Å². The maximum Gasteiger partial charge on any atom is 0.292 e. The zero-order valence-electron chi connectivity index (χ0n) is 8.11. The summed E-state index contributed by atoms with van der Waals surface area (Å²) in [4.78, 5) is 0. The van der Waals surface area contributed by atoms with Gasteiger partial charge in [0.15, 0.2) is 17.4 Å². The number of hydrogen-bond acceptors (Lipinski definition) is 1. The monoisotopic (exact) mass is 238 g/mol. The third-order valence-electron chi connectivity index (χ3n) is 1.68. The van der Waals surface area contributed by atoms with Crippen LogP contribution in [0.1, 0.15) is 5.56 Å². The van der Waals surface area contributed by atoms with Crippen LogP contribution in [0.5, 0.6) is 5.75 Å². The van der Waals surface area contributed by atoms with Crippen LogP contribution in [0.4, 0.5) is 22.0 Å². The van der Waals surface area contributed by atoms with Gasteiger partial charge in [0.1, 0.15) is 6.33 Å². The van der Waals surface area contributed by atoms with E-state index in [-0.39, 0.29) is 5.56 Å². The molecule has 0 spiro atoms. The van der Waals surface area contributed by atoms with Crippen LogP contribution in [-0.4, -0.2) is 6.36 Å². The maximum absolute atomic E-state index is 13.1. The Kier molecular flexibility index (Phi) is 3.87. The molecule has 1 unspecified atom stereocenters. The van der Waals surface area contributed by atoms with Crippen molar-refractivity contribution in [2.45, 2.75) is 13.3 Å². The summed E-state index contributed by atoms with van der Waals surface area (Å²) >= 11 is 0. The Balaban J connectivity index is 2.98. The second kappa shape index (κ2) is 4.96. The summed E-state index contributed by atoms with van der Waals surface area (Å²) in [6, 6.07) is 1.75. The first-order valence-corrected chi connectivity index (χ1v) is 4.18. The van der Waals surface area contributed by atoms with Gasteiger partial charge in [-0.3, -0.25) is 0 Å². The van der Waals surface area contributed by atoms with Gasteiger partial charge in [-0.15, -0.1) is 0 Å². The zero-order chi connectivity index (χ0) is 12.3. The molecule has 0 bridgehead atoms. The average Bonchev–Trinajstić information content (AvgIpc) is 2.21. The Hall–Kier alpha value is -1.59. The van der Waals surface area contributed by atoms with Crippen LogP contribution < -0.4 is 4.74 Å². The van der Waals surface area contributed by atoms with Gasteiger partial charge >= 0.3 is 0 Å². The molecule has 0 N–H and O–H groups in total. The van der Waals surface area contributed by atoms with E-state index in [4.69, 9.17) is 0 Å². The maximum atomic E-state index is 13.1. The van der Waals surface area contributed by atoms with Crippen LogP contribution in [0.25, 0.3) is 0 Å². The smallest absolute Gasteiger partial charge is 0.292 e. The minimum Gasteiger partial charge on any atom is -0.447 e. The van der Waals surface area contributed by atoms with Crippen molar-refractivity contribution in [3.05, 3.63) is 41.5 Å². The molecule has 0 heterocycles. The first-order valence-electron chi connectivity index (χ1n) is 4.18. The second-order valence-corrected chi connectivity index (χ2v) is 2.99. The molecule has 1 aromatic carbocycles. The van der Waals surface area contributed by atoms with Gasteiger partial charge in [0.2, 0.25) is 5.83 Å². The Morgan fingerprint density at radius 3 is 2.25 bits per heavy atom. The molecule has 1 nitrogen and oxygen atoms in total. The number of ether oxygens (including phenoxy) is 1. The van der Waals surface area contributed by atoms with Crippen molar-refractivity contribution in [3.63, 3.8) is 0 Å².